The van der Waals surface area contributed by atoms with Gasteiger partial charge in [0.2, 0.25) is 10.0 Å². The summed E-state index contributed by atoms with van der Waals surface area (Å²) < 4.78 is 38.8. The van der Waals surface area contributed by atoms with Gasteiger partial charge in [-0.05, 0) is 12.1 Å². The van der Waals surface area contributed by atoms with Crippen LogP contribution >= 0.6 is 0 Å². The number of aliphatic carboxylic acids is 1. The molecule has 1 aromatic carbocycles. The second-order valence-electron chi connectivity index (χ2n) is 4.30. The van der Waals surface area contributed by atoms with Crippen molar-refractivity contribution in [3.8, 4) is 6.07 Å². The summed E-state index contributed by atoms with van der Waals surface area (Å²) in [6, 6.07) is 5.57. The molecule has 0 atom stereocenters. The number of halogens is 1. The Morgan fingerprint density at radius 3 is 2.62 bits per heavy atom. The van der Waals surface area contributed by atoms with Gasteiger partial charge in [0, 0.05) is 18.7 Å². The maximum absolute atomic E-state index is 13.8. The maximum atomic E-state index is 13.8. The average Bonchev–Trinajstić information content (AvgIpc) is 2.43. The minimum absolute atomic E-state index is 0.0986. The Bertz CT molecular complexity index is 667. The smallest absolute Gasteiger partial charge is 0.304 e. The fraction of sp³-hybridized carbons (Fsp3) is 0.385. The van der Waals surface area contributed by atoms with E-state index in [1.54, 1.807) is 13.0 Å². The van der Waals surface area contributed by atoms with E-state index in [2.05, 4.69) is 0 Å². The number of carboxylic acids is 1. The zero-order valence-corrected chi connectivity index (χ0v) is 12.2. The Kier molecular flexibility index (Phi) is 5.81. The van der Waals surface area contributed by atoms with E-state index in [0.717, 1.165) is 10.4 Å². The second kappa shape index (κ2) is 7.15. The van der Waals surface area contributed by atoms with Crippen molar-refractivity contribution < 1.29 is 22.7 Å². The molecule has 0 saturated carbocycles. The topological polar surface area (TPSA) is 98.5 Å². The predicted molar refractivity (Wildman–Crippen MR) is 73.2 cm³/mol. The summed E-state index contributed by atoms with van der Waals surface area (Å²) in [5.41, 5.74) is 0.280. The van der Waals surface area contributed by atoms with Crippen LogP contribution in [-0.2, 0) is 21.4 Å². The lowest BCUT2D eigenvalue weighted by atomic mass is 10.1. The molecule has 6 nitrogen and oxygen atoms in total. The lowest BCUT2D eigenvalue weighted by Gasteiger charge is -2.20. The van der Waals surface area contributed by atoms with Gasteiger partial charge in [-0.15, -0.1) is 0 Å². The van der Waals surface area contributed by atoms with Crippen LogP contribution in [0.1, 0.15) is 24.5 Å². The molecule has 1 aromatic rings. The number of carbonyl (C=O) groups is 1. The Morgan fingerprint density at radius 1 is 1.48 bits per heavy atom. The standard InChI is InChI=1S/C13H15FN2O4S/c1-2-16(21(19,20)6-5-13(17)18)9-11-4-3-10(8-15)7-12(11)14/h3-4,7H,2,5-6,9H2,1H3,(H,17,18). The molecule has 0 unspecified atom stereocenters. The van der Waals surface area contributed by atoms with Crippen LogP contribution in [0, 0.1) is 17.1 Å². The van der Waals surface area contributed by atoms with Crippen molar-refractivity contribution in [2.24, 2.45) is 0 Å². The first kappa shape index (κ1) is 17.1. The van der Waals surface area contributed by atoms with Gasteiger partial charge >= 0.3 is 5.97 Å². The molecule has 0 saturated heterocycles. The highest BCUT2D eigenvalue weighted by molar-refractivity contribution is 7.89. The number of nitriles is 1. The molecular weight excluding hydrogens is 299 g/mol. The molecule has 1 N–H and O–H groups in total. The molecule has 0 spiro atoms. The van der Waals surface area contributed by atoms with Crippen molar-refractivity contribution in [3.63, 3.8) is 0 Å². The van der Waals surface area contributed by atoms with Gasteiger partial charge in [-0.1, -0.05) is 13.0 Å². The van der Waals surface area contributed by atoms with Gasteiger partial charge in [-0.3, -0.25) is 4.79 Å². The molecular formula is C13H15FN2O4S. The van der Waals surface area contributed by atoms with Crippen LogP contribution in [0.3, 0.4) is 0 Å². The van der Waals surface area contributed by atoms with Crippen molar-refractivity contribution in [3.05, 3.63) is 35.1 Å². The molecule has 0 aliphatic carbocycles. The zero-order chi connectivity index (χ0) is 16.0. The SMILES string of the molecule is CCN(Cc1ccc(C#N)cc1F)S(=O)(=O)CCC(=O)O. The summed E-state index contributed by atoms with van der Waals surface area (Å²) in [4.78, 5) is 10.5. The maximum Gasteiger partial charge on any atom is 0.304 e. The Labute approximate surface area is 122 Å². The Hall–Kier alpha value is -1.98. The van der Waals surface area contributed by atoms with Crippen LogP contribution in [0.25, 0.3) is 0 Å². The first-order chi connectivity index (χ1) is 9.80. The molecule has 0 heterocycles. The van der Waals surface area contributed by atoms with Crippen LogP contribution in [0.15, 0.2) is 18.2 Å². The minimum atomic E-state index is -3.78. The summed E-state index contributed by atoms with van der Waals surface area (Å²) in [7, 11) is -3.78. The van der Waals surface area contributed by atoms with Gasteiger partial charge in [0.1, 0.15) is 5.82 Å². The normalized spacial score (nSPS) is 11.3. The number of nitrogens with zero attached hydrogens (tertiary/aromatic N) is 2. The van der Waals surface area contributed by atoms with Crippen molar-refractivity contribution in [1.29, 1.82) is 5.26 Å². The highest BCUT2D eigenvalue weighted by Crippen LogP contribution is 2.15. The van der Waals surface area contributed by atoms with Crippen LogP contribution in [0.2, 0.25) is 0 Å². The molecule has 1 rings (SSSR count). The summed E-state index contributed by atoms with van der Waals surface area (Å²) in [6.07, 6.45) is -0.505. The molecule has 0 aromatic heterocycles. The largest absolute Gasteiger partial charge is 0.481 e. The minimum Gasteiger partial charge on any atom is -0.481 e. The van der Waals surface area contributed by atoms with E-state index in [9.17, 15) is 17.6 Å². The van der Waals surface area contributed by atoms with Gasteiger partial charge < -0.3 is 5.11 Å². The van der Waals surface area contributed by atoms with E-state index >= 15 is 0 Å². The van der Waals surface area contributed by atoms with E-state index in [1.165, 1.54) is 12.1 Å². The Morgan fingerprint density at radius 2 is 2.14 bits per heavy atom. The molecule has 0 aliphatic heterocycles. The number of hydrogen-bond donors (Lipinski definition) is 1. The third-order valence-corrected chi connectivity index (χ3v) is 4.74. The van der Waals surface area contributed by atoms with Crippen LogP contribution in [0.5, 0.6) is 0 Å². The van der Waals surface area contributed by atoms with Crippen LogP contribution in [-0.4, -0.2) is 36.1 Å². The fourth-order valence-electron chi connectivity index (χ4n) is 1.69. The van der Waals surface area contributed by atoms with Crippen molar-refractivity contribution in [1.82, 2.24) is 4.31 Å². The highest BCUT2D eigenvalue weighted by Gasteiger charge is 2.22. The van der Waals surface area contributed by atoms with E-state index in [1.807, 2.05) is 0 Å². The molecule has 0 aliphatic rings. The molecule has 0 radical (unpaired) electrons. The van der Waals surface area contributed by atoms with Gasteiger partial charge in [-0.25, -0.2) is 12.8 Å². The highest BCUT2D eigenvalue weighted by atomic mass is 32.2. The van der Waals surface area contributed by atoms with Crippen molar-refractivity contribution in [2.45, 2.75) is 19.9 Å². The van der Waals surface area contributed by atoms with Crippen LogP contribution in [0.4, 0.5) is 4.39 Å². The fourth-order valence-corrected chi connectivity index (χ4v) is 3.11. The predicted octanol–water partition coefficient (Wildman–Crippen LogP) is 1.32. The van der Waals surface area contributed by atoms with Crippen molar-refractivity contribution in [2.75, 3.05) is 12.3 Å². The van der Waals surface area contributed by atoms with E-state index in [0.29, 0.717) is 0 Å². The molecule has 0 bridgehead atoms. The molecule has 21 heavy (non-hydrogen) atoms. The monoisotopic (exact) mass is 314 g/mol. The quantitative estimate of drug-likeness (QED) is 0.818. The number of benzene rings is 1. The third-order valence-electron chi connectivity index (χ3n) is 2.85. The summed E-state index contributed by atoms with van der Waals surface area (Å²) in [5.74, 6) is -2.41. The second-order valence-corrected chi connectivity index (χ2v) is 6.39. The van der Waals surface area contributed by atoms with Gasteiger partial charge in [-0.2, -0.15) is 9.57 Å². The van der Waals surface area contributed by atoms with E-state index in [4.69, 9.17) is 10.4 Å². The van der Waals surface area contributed by atoms with Gasteiger partial charge in [0.15, 0.2) is 0 Å². The van der Waals surface area contributed by atoms with Crippen LogP contribution < -0.4 is 0 Å². The molecule has 8 heteroatoms. The van der Waals surface area contributed by atoms with Gasteiger partial charge in [0.05, 0.1) is 23.8 Å². The summed E-state index contributed by atoms with van der Waals surface area (Å²) >= 11 is 0. The summed E-state index contributed by atoms with van der Waals surface area (Å²) in [5, 5.41) is 17.2. The Balaban J connectivity index is 2.92. The molecule has 0 fully saturated rings. The number of sulfonamides is 1. The van der Waals surface area contributed by atoms with Gasteiger partial charge in [0.25, 0.3) is 0 Å². The molecule has 0 amide bonds. The number of carboxylic acid groups (broad SMARTS) is 1. The lowest BCUT2D eigenvalue weighted by molar-refractivity contribution is -0.136. The summed E-state index contributed by atoms with van der Waals surface area (Å²) in [6.45, 7) is 1.48. The number of rotatable bonds is 7. The van der Waals surface area contributed by atoms with Crippen molar-refractivity contribution >= 4 is 16.0 Å². The average molecular weight is 314 g/mol. The van der Waals surface area contributed by atoms with E-state index < -0.39 is 34.0 Å². The number of hydrogen-bond acceptors (Lipinski definition) is 4. The zero-order valence-electron chi connectivity index (χ0n) is 11.4. The molecule has 114 valence electrons. The third kappa shape index (κ3) is 4.81. The lowest BCUT2D eigenvalue weighted by Crippen LogP contribution is -2.33. The first-order valence-electron chi connectivity index (χ1n) is 6.18. The van der Waals surface area contributed by atoms with E-state index in [-0.39, 0.29) is 24.2 Å². The first-order valence-corrected chi connectivity index (χ1v) is 7.79.